The van der Waals surface area contributed by atoms with Gasteiger partial charge in [0.05, 0.1) is 18.9 Å². The van der Waals surface area contributed by atoms with Gasteiger partial charge in [-0.1, -0.05) is 18.2 Å². The fourth-order valence-corrected chi connectivity index (χ4v) is 2.50. The number of amides is 1. The zero-order valence-corrected chi connectivity index (χ0v) is 11.7. The summed E-state index contributed by atoms with van der Waals surface area (Å²) in [6, 6.07) is 6.23. The predicted octanol–water partition coefficient (Wildman–Crippen LogP) is 1.78. The minimum absolute atomic E-state index is 0.0178. The molecule has 4 nitrogen and oxygen atoms in total. The first-order valence-electron chi connectivity index (χ1n) is 6.56. The second kappa shape index (κ2) is 5.61. The summed E-state index contributed by atoms with van der Waals surface area (Å²) in [5, 5.41) is 0. The van der Waals surface area contributed by atoms with Crippen molar-refractivity contribution in [1.82, 2.24) is 4.90 Å². The molecule has 1 heterocycles. The topological polar surface area (TPSA) is 46.6 Å². The molecule has 0 aromatic heterocycles. The first-order valence-corrected chi connectivity index (χ1v) is 6.56. The summed E-state index contributed by atoms with van der Waals surface area (Å²) >= 11 is 0. The van der Waals surface area contributed by atoms with Crippen LogP contribution in [0.25, 0.3) is 0 Å². The first kappa shape index (κ1) is 14.5. The van der Waals surface area contributed by atoms with E-state index in [1.54, 1.807) is 30.0 Å². The number of methoxy groups -OCH3 is 1. The Kier molecular flexibility index (Phi) is 4.06. The van der Waals surface area contributed by atoms with Gasteiger partial charge in [0.25, 0.3) is 0 Å². The lowest BCUT2D eigenvalue weighted by Crippen LogP contribution is -2.36. The van der Waals surface area contributed by atoms with Crippen LogP contribution in [0.1, 0.15) is 18.9 Å². The molecule has 0 bridgehead atoms. The van der Waals surface area contributed by atoms with E-state index in [9.17, 15) is 14.0 Å². The molecule has 1 saturated heterocycles. The van der Waals surface area contributed by atoms with E-state index in [-0.39, 0.29) is 24.1 Å². The van der Waals surface area contributed by atoms with Gasteiger partial charge in [-0.25, -0.2) is 4.39 Å². The first-order chi connectivity index (χ1) is 9.46. The number of hydrogen-bond donors (Lipinski definition) is 0. The summed E-state index contributed by atoms with van der Waals surface area (Å²) in [5.74, 6) is -0.850. The molecule has 1 aromatic carbocycles. The van der Waals surface area contributed by atoms with Crippen molar-refractivity contribution in [3.05, 3.63) is 35.6 Å². The second-order valence-electron chi connectivity index (χ2n) is 5.39. The van der Waals surface area contributed by atoms with E-state index in [1.165, 1.54) is 13.2 Å². The van der Waals surface area contributed by atoms with Gasteiger partial charge < -0.3 is 9.64 Å². The van der Waals surface area contributed by atoms with Gasteiger partial charge in [-0.2, -0.15) is 0 Å². The second-order valence-corrected chi connectivity index (χ2v) is 5.39. The predicted molar refractivity (Wildman–Crippen MR) is 71.4 cm³/mol. The maximum atomic E-state index is 13.5. The third-order valence-electron chi connectivity index (χ3n) is 3.80. The van der Waals surface area contributed by atoms with E-state index in [1.807, 2.05) is 0 Å². The molecule has 0 unspecified atom stereocenters. The number of carbonyl (C=O) groups excluding carboxylic acids is 2. The minimum Gasteiger partial charge on any atom is -0.469 e. The molecule has 1 fully saturated rings. The van der Waals surface area contributed by atoms with E-state index in [0.29, 0.717) is 25.1 Å². The molecule has 20 heavy (non-hydrogen) atoms. The smallest absolute Gasteiger partial charge is 0.313 e. The SMILES string of the molecule is COC(=O)[C@@]1(C)CCN(C(=O)Cc2ccccc2F)C1. The Balaban J connectivity index is 2.02. The zero-order valence-electron chi connectivity index (χ0n) is 11.7. The average Bonchev–Trinajstić information content (AvgIpc) is 2.84. The Morgan fingerprint density at radius 2 is 2.10 bits per heavy atom. The number of likely N-dealkylation sites (tertiary alicyclic amines) is 1. The quantitative estimate of drug-likeness (QED) is 0.792. The summed E-state index contributed by atoms with van der Waals surface area (Å²) in [6.07, 6.45) is 0.590. The Bertz CT molecular complexity index is 532. The van der Waals surface area contributed by atoms with Crippen molar-refractivity contribution >= 4 is 11.9 Å². The number of esters is 1. The Labute approximate surface area is 117 Å². The lowest BCUT2D eigenvalue weighted by atomic mass is 9.90. The van der Waals surface area contributed by atoms with Gasteiger partial charge in [-0.05, 0) is 25.0 Å². The lowest BCUT2D eigenvalue weighted by Gasteiger charge is -2.21. The van der Waals surface area contributed by atoms with E-state index in [4.69, 9.17) is 4.74 Å². The highest BCUT2D eigenvalue weighted by Crippen LogP contribution is 2.31. The molecule has 0 aliphatic carbocycles. The van der Waals surface area contributed by atoms with Crippen LogP contribution in [0.15, 0.2) is 24.3 Å². The van der Waals surface area contributed by atoms with Gasteiger partial charge >= 0.3 is 5.97 Å². The van der Waals surface area contributed by atoms with E-state index >= 15 is 0 Å². The number of hydrogen-bond acceptors (Lipinski definition) is 3. The van der Waals surface area contributed by atoms with Crippen LogP contribution in [0.5, 0.6) is 0 Å². The molecular formula is C15H18FNO3. The number of nitrogens with zero attached hydrogens (tertiary/aromatic N) is 1. The van der Waals surface area contributed by atoms with Crippen molar-refractivity contribution < 1.29 is 18.7 Å². The highest BCUT2D eigenvalue weighted by Gasteiger charge is 2.42. The van der Waals surface area contributed by atoms with Crippen LogP contribution in [0, 0.1) is 11.2 Å². The molecule has 0 N–H and O–H groups in total. The maximum absolute atomic E-state index is 13.5. The molecule has 5 heteroatoms. The van der Waals surface area contributed by atoms with Crippen LogP contribution in [0.2, 0.25) is 0 Å². The minimum atomic E-state index is -0.653. The highest BCUT2D eigenvalue weighted by atomic mass is 19.1. The maximum Gasteiger partial charge on any atom is 0.313 e. The summed E-state index contributed by atoms with van der Waals surface area (Å²) in [6.45, 7) is 2.61. The van der Waals surface area contributed by atoms with Crippen LogP contribution >= 0.6 is 0 Å². The van der Waals surface area contributed by atoms with E-state index in [0.717, 1.165) is 0 Å². The summed E-state index contributed by atoms with van der Waals surface area (Å²) in [4.78, 5) is 25.5. The molecule has 0 saturated carbocycles. The molecule has 1 aromatic rings. The van der Waals surface area contributed by atoms with Crippen molar-refractivity contribution in [2.75, 3.05) is 20.2 Å². The van der Waals surface area contributed by atoms with E-state index < -0.39 is 5.41 Å². The van der Waals surface area contributed by atoms with Crippen LogP contribution in [-0.4, -0.2) is 37.0 Å². The molecule has 0 spiro atoms. The monoisotopic (exact) mass is 279 g/mol. The fourth-order valence-electron chi connectivity index (χ4n) is 2.50. The number of carbonyl (C=O) groups is 2. The number of ether oxygens (including phenoxy) is 1. The van der Waals surface area contributed by atoms with Gasteiger partial charge in [0, 0.05) is 13.1 Å². The Hall–Kier alpha value is -1.91. The van der Waals surface area contributed by atoms with Gasteiger partial charge in [0.2, 0.25) is 5.91 Å². The van der Waals surface area contributed by atoms with Crippen molar-refractivity contribution in [1.29, 1.82) is 0 Å². The number of halogens is 1. The molecule has 1 aliphatic rings. The third kappa shape index (κ3) is 2.81. The molecule has 1 atom stereocenters. The van der Waals surface area contributed by atoms with Gasteiger partial charge in [0.15, 0.2) is 0 Å². The summed E-state index contributed by atoms with van der Waals surface area (Å²) in [7, 11) is 1.34. The van der Waals surface area contributed by atoms with E-state index in [2.05, 4.69) is 0 Å². The molecular weight excluding hydrogens is 261 g/mol. The van der Waals surface area contributed by atoms with Gasteiger partial charge in [0.1, 0.15) is 5.82 Å². The summed E-state index contributed by atoms with van der Waals surface area (Å²) in [5.41, 5.74) is -0.274. The Morgan fingerprint density at radius 3 is 2.75 bits per heavy atom. The van der Waals surface area contributed by atoms with Crippen molar-refractivity contribution in [3.63, 3.8) is 0 Å². The van der Waals surface area contributed by atoms with Crippen molar-refractivity contribution in [2.24, 2.45) is 5.41 Å². The third-order valence-corrected chi connectivity index (χ3v) is 3.80. The zero-order chi connectivity index (χ0) is 14.8. The van der Waals surface area contributed by atoms with Crippen LogP contribution in [0.4, 0.5) is 4.39 Å². The number of rotatable bonds is 3. The molecule has 1 amide bonds. The van der Waals surface area contributed by atoms with Crippen molar-refractivity contribution in [2.45, 2.75) is 19.8 Å². The molecule has 108 valence electrons. The summed E-state index contributed by atoms with van der Waals surface area (Å²) < 4.78 is 18.3. The highest BCUT2D eigenvalue weighted by molar-refractivity contribution is 5.82. The van der Waals surface area contributed by atoms with Crippen molar-refractivity contribution in [3.8, 4) is 0 Å². The molecule has 0 radical (unpaired) electrons. The number of benzene rings is 1. The molecule has 2 rings (SSSR count). The lowest BCUT2D eigenvalue weighted by molar-refractivity contribution is -0.151. The van der Waals surface area contributed by atoms with Crippen LogP contribution in [0.3, 0.4) is 0 Å². The standard InChI is InChI=1S/C15H18FNO3/c1-15(14(19)20-2)7-8-17(10-15)13(18)9-11-5-3-4-6-12(11)16/h3-6H,7-10H2,1-2H3/t15-/m0/s1. The normalized spacial score (nSPS) is 21.9. The van der Waals surface area contributed by atoms with Gasteiger partial charge in [-0.3, -0.25) is 9.59 Å². The fraction of sp³-hybridized carbons (Fsp3) is 0.467. The largest absolute Gasteiger partial charge is 0.469 e. The van der Waals surface area contributed by atoms with Crippen LogP contribution in [-0.2, 0) is 20.7 Å². The average molecular weight is 279 g/mol. The van der Waals surface area contributed by atoms with Crippen LogP contribution < -0.4 is 0 Å². The molecule has 1 aliphatic heterocycles. The Morgan fingerprint density at radius 1 is 1.40 bits per heavy atom. The van der Waals surface area contributed by atoms with Gasteiger partial charge in [-0.15, -0.1) is 0 Å².